The number of H-pyrrole nitrogens is 1. The molecule has 0 spiro atoms. The van der Waals surface area contributed by atoms with E-state index in [0.29, 0.717) is 12.6 Å². The molecule has 1 aromatic heterocycles. The van der Waals surface area contributed by atoms with Crippen LogP contribution in [0.1, 0.15) is 38.4 Å². The van der Waals surface area contributed by atoms with E-state index in [0.717, 1.165) is 25.1 Å². The molecule has 2 rings (SSSR count). The van der Waals surface area contributed by atoms with E-state index in [1.165, 1.54) is 0 Å². The summed E-state index contributed by atoms with van der Waals surface area (Å²) in [5.74, 6) is 0.204. The van der Waals surface area contributed by atoms with E-state index in [2.05, 4.69) is 30.2 Å². The lowest BCUT2D eigenvalue weighted by atomic mass is 10.1. The Balaban J connectivity index is 1.97. The Morgan fingerprint density at radius 2 is 2.47 bits per heavy atom. The fourth-order valence-corrected chi connectivity index (χ4v) is 2.33. The average Bonchev–Trinajstić information content (AvgIpc) is 2.94. The van der Waals surface area contributed by atoms with Crippen molar-refractivity contribution in [3.63, 3.8) is 0 Å². The van der Waals surface area contributed by atoms with Gasteiger partial charge in [-0.3, -0.25) is 4.79 Å². The number of hydrogen-bond donors (Lipinski definition) is 2. The van der Waals surface area contributed by atoms with E-state index in [9.17, 15) is 4.79 Å². The Bertz CT molecular complexity index is 359. The number of nitrogens with zero attached hydrogens (tertiary/aromatic N) is 1. The lowest BCUT2D eigenvalue weighted by Crippen LogP contribution is -2.39. The first-order chi connectivity index (χ1) is 8.18. The minimum atomic E-state index is 0.204. The molecule has 0 aliphatic carbocycles. The lowest BCUT2D eigenvalue weighted by Gasteiger charge is -2.24. The summed E-state index contributed by atoms with van der Waals surface area (Å²) in [4.78, 5) is 17.3. The second-order valence-corrected chi connectivity index (χ2v) is 4.91. The van der Waals surface area contributed by atoms with Crippen molar-refractivity contribution in [1.82, 2.24) is 15.2 Å². The van der Waals surface area contributed by atoms with Crippen molar-refractivity contribution in [3.05, 3.63) is 24.0 Å². The predicted octanol–water partition coefficient (Wildman–Crippen LogP) is 1.68. The molecule has 1 amide bonds. The summed E-state index contributed by atoms with van der Waals surface area (Å²) >= 11 is 0. The smallest absolute Gasteiger partial charge is 0.237 e. The van der Waals surface area contributed by atoms with Crippen LogP contribution in [-0.2, 0) is 4.79 Å². The highest BCUT2D eigenvalue weighted by Gasteiger charge is 2.29. The molecule has 1 saturated heterocycles. The molecule has 0 bridgehead atoms. The maximum Gasteiger partial charge on any atom is 0.237 e. The van der Waals surface area contributed by atoms with E-state index in [1.54, 1.807) is 0 Å². The molecule has 17 heavy (non-hydrogen) atoms. The Hall–Kier alpha value is -1.29. The van der Waals surface area contributed by atoms with Gasteiger partial charge in [0.25, 0.3) is 0 Å². The van der Waals surface area contributed by atoms with E-state index in [4.69, 9.17) is 0 Å². The van der Waals surface area contributed by atoms with Crippen molar-refractivity contribution in [3.8, 4) is 0 Å². The van der Waals surface area contributed by atoms with Crippen LogP contribution in [0.4, 0.5) is 0 Å². The molecule has 1 atom stereocenters. The molecular weight excluding hydrogens is 214 g/mol. The quantitative estimate of drug-likeness (QED) is 0.834. The van der Waals surface area contributed by atoms with Gasteiger partial charge in [-0.25, -0.2) is 0 Å². The topological polar surface area (TPSA) is 48.1 Å². The van der Waals surface area contributed by atoms with Crippen molar-refractivity contribution >= 4 is 5.91 Å². The van der Waals surface area contributed by atoms with Crippen LogP contribution < -0.4 is 5.32 Å². The Kier molecular flexibility index (Phi) is 3.84. The third-order valence-electron chi connectivity index (χ3n) is 3.22. The fraction of sp³-hybridized carbons (Fsp3) is 0.615. The van der Waals surface area contributed by atoms with Gasteiger partial charge < -0.3 is 15.2 Å². The summed E-state index contributed by atoms with van der Waals surface area (Å²) < 4.78 is 0. The average molecular weight is 235 g/mol. The Labute approximate surface area is 102 Å². The minimum Gasteiger partial charge on any atom is -0.363 e. The normalized spacial score (nSPS) is 20.2. The molecule has 1 aliphatic rings. The first-order valence-corrected chi connectivity index (χ1v) is 6.34. The molecule has 4 heteroatoms. The molecule has 1 unspecified atom stereocenters. The second-order valence-electron chi connectivity index (χ2n) is 4.91. The third-order valence-corrected chi connectivity index (χ3v) is 3.22. The van der Waals surface area contributed by atoms with Crippen LogP contribution in [0.2, 0.25) is 0 Å². The van der Waals surface area contributed by atoms with E-state index in [-0.39, 0.29) is 11.9 Å². The van der Waals surface area contributed by atoms with Gasteiger partial charge in [-0.2, -0.15) is 0 Å². The maximum absolute atomic E-state index is 12.1. The van der Waals surface area contributed by atoms with Gasteiger partial charge in [-0.15, -0.1) is 0 Å². The molecule has 1 fully saturated rings. The van der Waals surface area contributed by atoms with Gasteiger partial charge in [-0.05, 0) is 25.0 Å². The fourth-order valence-electron chi connectivity index (χ4n) is 2.33. The van der Waals surface area contributed by atoms with Gasteiger partial charge in [0.1, 0.15) is 0 Å². The number of nitrogens with one attached hydrogen (secondary N) is 2. The highest BCUT2D eigenvalue weighted by molar-refractivity contribution is 5.79. The van der Waals surface area contributed by atoms with Crippen molar-refractivity contribution < 1.29 is 4.79 Å². The molecule has 2 N–H and O–H groups in total. The minimum absolute atomic E-state index is 0.204. The molecule has 0 aromatic carbocycles. The molecule has 94 valence electrons. The van der Waals surface area contributed by atoms with E-state index in [1.807, 2.05) is 17.2 Å². The number of rotatable bonds is 4. The summed E-state index contributed by atoms with van der Waals surface area (Å²) in [5, 5.41) is 3.19. The largest absolute Gasteiger partial charge is 0.363 e. The summed E-state index contributed by atoms with van der Waals surface area (Å²) in [6.07, 6.45) is 4.08. The molecule has 1 aromatic rings. The number of likely N-dealkylation sites (tertiary alicyclic amines) is 1. The number of aromatic amines is 1. The van der Waals surface area contributed by atoms with Crippen molar-refractivity contribution in [2.75, 3.05) is 13.1 Å². The van der Waals surface area contributed by atoms with E-state index >= 15 is 0 Å². The monoisotopic (exact) mass is 235 g/mol. The highest BCUT2D eigenvalue weighted by atomic mass is 16.2. The molecule has 4 nitrogen and oxygen atoms in total. The zero-order chi connectivity index (χ0) is 12.3. The van der Waals surface area contributed by atoms with Crippen molar-refractivity contribution in [2.45, 2.75) is 38.8 Å². The molecule has 2 heterocycles. The molecule has 0 radical (unpaired) electrons. The zero-order valence-electron chi connectivity index (χ0n) is 10.6. The van der Waals surface area contributed by atoms with Crippen LogP contribution >= 0.6 is 0 Å². The van der Waals surface area contributed by atoms with Gasteiger partial charge in [-0.1, -0.05) is 13.8 Å². The van der Waals surface area contributed by atoms with Gasteiger partial charge in [0, 0.05) is 24.5 Å². The Morgan fingerprint density at radius 1 is 1.65 bits per heavy atom. The van der Waals surface area contributed by atoms with E-state index < -0.39 is 0 Å². The molecule has 1 aliphatic heterocycles. The number of amides is 1. The first kappa shape index (κ1) is 12.2. The van der Waals surface area contributed by atoms with Gasteiger partial charge in [0.15, 0.2) is 0 Å². The second kappa shape index (κ2) is 5.36. The van der Waals surface area contributed by atoms with Crippen LogP contribution in [0.25, 0.3) is 0 Å². The first-order valence-electron chi connectivity index (χ1n) is 6.34. The summed E-state index contributed by atoms with van der Waals surface area (Å²) in [7, 11) is 0. The molecular formula is C13H21N3O. The van der Waals surface area contributed by atoms with Gasteiger partial charge >= 0.3 is 0 Å². The SMILES string of the molecule is CC(C)NCC(=O)N1CCCC1c1ccc[nH]1. The standard InChI is InChI=1S/C13H21N3O/c1-10(2)15-9-13(17)16-8-4-6-12(16)11-5-3-7-14-11/h3,5,7,10,12,14-15H,4,6,8-9H2,1-2H3. The maximum atomic E-state index is 12.1. The van der Waals surface area contributed by atoms with Crippen LogP contribution in [0, 0.1) is 0 Å². The predicted molar refractivity (Wildman–Crippen MR) is 67.6 cm³/mol. The highest BCUT2D eigenvalue weighted by Crippen LogP contribution is 2.30. The number of hydrogen-bond acceptors (Lipinski definition) is 2. The van der Waals surface area contributed by atoms with Gasteiger partial charge in [0.05, 0.1) is 12.6 Å². The zero-order valence-corrected chi connectivity index (χ0v) is 10.6. The number of aromatic nitrogens is 1. The van der Waals surface area contributed by atoms with Crippen LogP contribution in [0.15, 0.2) is 18.3 Å². The lowest BCUT2D eigenvalue weighted by molar-refractivity contribution is -0.131. The summed E-state index contributed by atoms with van der Waals surface area (Å²) in [6.45, 7) is 5.43. The van der Waals surface area contributed by atoms with Crippen LogP contribution in [0.5, 0.6) is 0 Å². The van der Waals surface area contributed by atoms with Crippen molar-refractivity contribution in [2.24, 2.45) is 0 Å². The van der Waals surface area contributed by atoms with Gasteiger partial charge in [0.2, 0.25) is 5.91 Å². The summed E-state index contributed by atoms with van der Waals surface area (Å²) in [6, 6.07) is 4.64. The van der Waals surface area contributed by atoms with Crippen LogP contribution in [-0.4, -0.2) is 34.9 Å². The molecule has 0 saturated carbocycles. The summed E-state index contributed by atoms with van der Waals surface area (Å²) in [5.41, 5.74) is 1.15. The van der Waals surface area contributed by atoms with Crippen molar-refractivity contribution in [1.29, 1.82) is 0 Å². The van der Waals surface area contributed by atoms with Crippen LogP contribution in [0.3, 0.4) is 0 Å². The number of carbonyl (C=O) groups is 1. The third kappa shape index (κ3) is 2.88. The number of carbonyl (C=O) groups excluding carboxylic acids is 1. The Morgan fingerprint density at radius 3 is 3.12 bits per heavy atom.